The topological polar surface area (TPSA) is 92.7 Å². The fraction of sp³-hybridized carbons (Fsp3) is 0.533. The van der Waals surface area contributed by atoms with E-state index >= 15 is 0 Å². The van der Waals surface area contributed by atoms with Crippen LogP contribution >= 0.6 is 0 Å². The van der Waals surface area contributed by atoms with Gasteiger partial charge in [-0.25, -0.2) is 13.1 Å². The lowest BCUT2D eigenvalue weighted by Gasteiger charge is -2.29. The minimum atomic E-state index is -3.79. The van der Waals surface area contributed by atoms with Crippen molar-refractivity contribution in [3.8, 4) is 5.75 Å². The molecule has 2 rings (SSSR count). The van der Waals surface area contributed by atoms with E-state index in [9.17, 15) is 13.2 Å². The van der Waals surface area contributed by atoms with E-state index in [0.29, 0.717) is 16.8 Å². The molecule has 0 saturated heterocycles. The molecule has 2 N–H and O–H groups in total. The lowest BCUT2D eigenvalue weighted by molar-refractivity contribution is -0.871. The van der Waals surface area contributed by atoms with E-state index in [-0.39, 0.29) is 12.8 Å². The van der Waals surface area contributed by atoms with Gasteiger partial charge in [0.25, 0.3) is 10.0 Å². The molecule has 1 aliphatic heterocycles. The van der Waals surface area contributed by atoms with Crippen molar-refractivity contribution in [2.24, 2.45) is 0 Å². The van der Waals surface area contributed by atoms with Gasteiger partial charge in [0.05, 0.1) is 40.2 Å². The van der Waals surface area contributed by atoms with Gasteiger partial charge in [0.2, 0.25) is 5.44 Å². The predicted molar refractivity (Wildman–Crippen MR) is 85.6 cm³/mol. The number of likely N-dealkylation sites (N-methyl/N-ethyl adjacent to an activating group) is 1. The van der Waals surface area contributed by atoms with Crippen LogP contribution < -0.4 is 9.46 Å². The smallest absolute Gasteiger partial charge is 0.305 e. The largest absolute Gasteiger partial charge is 0.481 e. The van der Waals surface area contributed by atoms with E-state index < -0.39 is 27.5 Å². The van der Waals surface area contributed by atoms with Crippen LogP contribution in [0.5, 0.6) is 5.75 Å². The number of quaternary nitrogens is 1. The summed E-state index contributed by atoms with van der Waals surface area (Å²) < 4.78 is 33.6. The maximum atomic E-state index is 12.5. The normalized spacial score (nSPS) is 19.0. The van der Waals surface area contributed by atoms with Crippen LogP contribution in [0.3, 0.4) is 0 Å². The molecule has 0 amide bonds. The highest BCUT2D eigenvalue weighted by Gasteiger charge is 2.36. The molecule has 1 heterocycles. The Morgan fingerprint density at radius 3 is 2.61 bits per heavy atom. The first-order valence-corrected chi connectivity index (χ1v) is 8.89. The van der Waals surface area contributed by atoms with Crippen molar-refractivity contribution in [2.75, 3.05) is 27.7 Å². The van der Waals surface area contributed by atoms with Gasteiger partial charge in [-0.05, 0) is 11.6 Å². The number of benzene rings is 1. The molecule has 2 atom stereocenters. The van der Waals surface area contributed by atoms with Crippen molar-refractivity contribution >= 4 is 16.0 Å². The summed E-state index contributed by atoms with van der Waals surface area (Å²) in [5.41, 5.74) is -0.187. The molecule has 1 aromatic carbocycles. The first-order chi connectivity index (χ1) is 10.6. The minimum absolute atomic E-state index is 0.260. The summed E-state index contributed by atoms with van der Waals surface area (Å²) in [5, 5.41) is 9.01. The average Bonchev–Trinajstić information content (AvgIpc) is 2.79. The molecule has 0 saturated carbocycles. The summed E-state index contributed by atoms with van der Waals surface area (Å²) in [6.07, 6.45) is -0.00983. The van der Waals surface area contributed by atoms with Crippen molar-refractivity contribution in [1.82, 2.24) is 4.72 Å². The van der Waals surface area contributed by atoms with Gasteiger partial charge in [-0.1, -0.05) is 18.2 Å². The van der Waals surface area contributed by atoms with Gasteiger partial charge in [0, 0.05) is 6.42 Å². The molecule has 8 heteroatoms. The molecule has 7 nitrogen and oxygen atoms in total. The molecule has 1 aromatic rings. The molecule has 0 aliphatic carbocycles. The molecule has 1 unspecified atom stereocenters. The summed E-state index contributed by atoms with van der Waals surface area (Å²) in [4.78, 5) is 11.0. The third kappa shape index (κ3) is 4.92. The van der Waals surface area contributed by atoms with Crippen molar-refractivity contribution in [2.45, 2.75) is 24.3 Å². The molecule has 0 aromatic heterocycles. The molecule has 0 fully saturated rings. The molecule has 1 aliphatic rings. The Hall–Kier alpha value is -1.64. The first kappa shape index (κ1) is 17.7. The van der Waals surface area contributed by atoms with E-state index in [0.717, 1.165) is 5.56 Å². The average molecular weight is 343 g/mol. The van der Waals surface area contributed by atoms with Crippen LogP contribution in [-0.4, -0.2) is 63.1 Å². The molecule has 0 radical (unpaired) electrons. The number of para-hydroxylation sites is 1. The summed E-state index contributed by atoms with van der Waals surface area (Å²) in [6, 6.07) is 6.47. The number of nitrogens with one attached hydrogen (secondary N) is 1. The lowest BCUT2D eigenvalue weighted by atomic mass is 10.2. The second-order valence-electron chi connectivity index (χ2n) is 6.79. The Balaban J connectivity index is 2.11. The third-order valence-corrected chi connectivity index (χ3v) is 5.10. The lowest BCUT2D eigenvalue weighted by Crippen LogP contribution is -2.52. The zero-order chi connectivity index (χ0) is 17.3. The van der Waals surface area contributed by atoms with Crippen LogP contribution in [0, 0.1) is 0 Å². The van der Waals surface area contributed by atoms with Gasteiger partial charge in [-0.15, -0.1) is 0 Å². The number of carbonyl (C=O) groups is 1. The van der Waals surface area contributed by atoms with Gasteiger partial charge in [0.1, 0.15) is 5.75 Å². The quantitative estimate of drug-likeness (QED) is 0.700. The number of nitrogens with zero attached hydrogens (tertiary/aromatic N) is 1. The number of rotatable bonds is 7. The summed E-state index contributed by atoms with van der Waals surface area (Å²) in [6.45, 7) is 0.366. The number of carboxylic acid groups (broad SMARTS) is 1. The Morgan fingerprint density at radius 1 is 1.39 bits per heavy atom. The predicted octanol–water partition coefficient (Wildman–Crippen LogP) is 0.417. The number of hydrogen-bond acceptors (Lipinski definition) is 4. The summed E-state index contributed by atoms with van der Waals surface area (Å²) in [5.74, 6) is -0.481. The Kier molecular flexibility index (Phi) is 4.98. The number of carboxylic acids is 1. The van der Waals surface area contributed by atoms with E-state index in [1.807, 2.05) is 33.3 Å². The number of hydrogen-bond donors (Lipinski definition) is 2. The van der Waals surface area contributed by atoms with Crippen molar-refractivity contribution in [3.63, 3.8) is 0 Å². The van der Waals surface area contributed by atoms with Gasteiger partial charge in [-0.2, -0.15) is 0 Å². The van der Waals surface area contributed by atoms with E-state index in [2.05, 4.69) is 4.72 Å². The number of aliphatic carboxylic acids is 1. The van der Waals surface area contributed by atoms with Crippen molar-refractivity contribution < 1.29 is 27.5 Å². The summed E-state index contributed by atoms with van der Waals surface area (Å²) >= 11 is 0. The maximum absolute atomic E-state index is 12.5. The van der Waals surface area contributed by atoms with Crippen LogP contribution in [0.1, 0.15) is 12.0 Å². The highest BCUT2D eigenvalue weighted by atomic mass is 32.2. The minimum Gasteiger partial charge on any atom is -0.481 e. The molecule has 128 valence electrons. The van der Waals surface area contributed by atoms with Crippen LogP contribution in [0.25, 0.3) is 0 Å². The Labute approximate surface area is 136 Å². The monoisotopic (exact) mass is 343 g/mol. The number of fused-ring (bicyclic) bond motifs is 1. The van der Waals surface area contributed by atoms with Crippen molar-refractivity contribution in [3.05, 3.63) is 29.8 Å². The number of sulfonamides is 1. The zero-order valence-electron chi connectivity index (χ0n) is 13.5. The summed E-state index contributed by atoms with van der Waals surface area (Å²) in [7, 11) is 1.85. The van der Waals surface area contributed by atoms with E-state index in [1.165, 1.54) is 0 Å². The van der Waals surface area contributed by atoms with Crippen LogP contribution in [0.2, 0.25) is 0 Å². The molecular formula is C15H23N2O5S+. The first-order valence-electron chi connectivity index (χ1n) is 7.35. The second-order valence-corrected chi connectivity index (χ2v) is 8.64. The third-order valence-electron chi connectivity index (χ3n) is 3.48. The second kappa shape index (κ2) is 6.46. The fourth-order valence-corrected chi connectivity index (χ4v) is 4.05. The zero-order valence-corrected chi connectivity index (χ0v) is 14.3. The van der Waals surface area contributed by atoms with Gasteiger partial charge >= 0.3 is 5.97 Å². The van der Waals surface area contributed by atoms with Crippen LogP contribution in [0.4, 0.5) is 0 Å². The molecule has 0 spiro atoms. The maximum Gasteiger partial charge on any atom is 0.305 e. The standard InChI is InChI=1S/C15H22N2O5S/c1-17(2,3)10-12(9-14(18)19)16-23(20,21)15-8-11-6-4-5-7-13(11)22-15/h4-7,12,15-16H,8-10H2,1-3H3/p+1/t12-,15?/m1/s1. The number of ether oxygens (including phenoxy) is 1. The van der Waals surface area contributed by atoms with Gasteiger partial charge < -0.3 is 14.3 Å². The Morgan fingerprint density at radius 2 is 2.04 bits per heavy atom. The SMILES string of the molecule is C[N+](C)(C)C[C@@H](CC(=O)O)NS(=O)(=O)C1Cc2ccccc2O1. The Bertz CT molecular complexity index is 656. The van der Waals surface area contributed by atoms with Gasteiger partial charge in [0.15, 0.2) is 0 Å². The van der Waals surface area contributed by atoms with E-state index in [4.69, 9.17) is 9.84 Å². The highest BCUT2D eigenvalue weighted by molar-refractivity contribution is 7.90. The highest BCUT2D eigenvalue weighted by Crippen LogP contribution is 2.30. The fourth-order valence-electron chi connectivity index (χ4n) is 2.65. The van der Waals surface area contributed by atoms with Crippen LogP contribution in [-0.2, 0) is 21.2 Å². The van der Waals surface area contributed by atoms with E-state index in [1.54, 1.807) is 12.1 Å². The molecular weight excluding hydrogens is 320 g/mol. The molecule has 0 bridgehead atoms. The molecule has 23 heavy (non-hydrogen) atoms. The van der Waals surface area contributed by atoms with Crippen LogP contribution in [0.15, 0.2) is 24.3 Å². The van der Waals surface area contributed by atoms with Gasteiger partial charge in [-0.3, -0.25) is 4.79 Å². The van der Waals surface area contributed by atoms with Crippen molar-refractivity contribution in [1.29, 1.82) is 0 Å².